The van der Waals surface area contributed by atoms with E-state index in [-0.39, 0.29) is 5.41 Å². The summed E-state index contributed by atoms with van der Waals surface area (Å²) in [7, 11) is 1.99. The summed E-state index contributed by atoms with van der Waals surface area (Å²) in [5, 5.41) is 4.43. The minimum atomic E-state index is -0.156. The van der Waals surface area contributed by atoms with Gasteiger partial charge in [-0.2, -0.15) is 5.10 Å². The van der Waals surface area contributed by atoms with Gasteiger partial charge in [0.2, 0.25) is 5.91 Å². The second kappa shape index (κ2) is 5.97. The van der Waals surface area contributed by atoms with Crippen molar-refractivity contribution < 1.29 is 4.79 Å². The van der Waals surface area contributed by atoms with Crippen LogP contribution in [0.2, 0.25) is 0 Å². The molecule has 2 aromatic heterocycles. The number of aryl methyl sites for hydroxylation is 2. The van der Waals surface area contributed by atoms with Crippen LogP contribution in [0.3, 0.4) is 0 Å². The van der Waals surface area contributed by atoms with Gasteiger partial charge in [-0.3, -0.25) is 19.4 Å². The monoisotopic (exact) mass is 345 g/mol. The fraction of sp³-hybridized carbons (Fsp3) is 0.588. The number of hydrogen-bond donors (Lipinski definition) is 0. The standard InChI is InChI=1S/C17H23N5OS/c1-13-6-14(20(2)19-13)8-21-5-3-4-17(10-21)11-22(16(17)23)9-15-7-18-12-24-15/h6-7,12H,3-5,8-11H2,1-2H3/t17-/m0/s1. The summed E-state index contributed by atoms with van der Waals surface area (Å²) in [6.07, 6.45) is 3.98. The Hall–Kier alpha value is -1.73. The summed E-state index contributed by atoms with van der Waals surface area (Å²) in [4.78, 5) is 22.5. The zero-order chi connectivity index (χ0) is 16.7. The predicted molar refractivity (Wildman–Crippen MR) is 92.4 cm³/mol. The maximum atomic E-state index is 12.8. The van der Waals surface area contributed by atoms with E-state index < -0.39 is 0 Å². The van der Waals surface area contributed by atoms with Crippen LogP contribution in [0.25, 0.3) is 0 Å². The first kappa shape index (κ1) is 15.8. The molecule has 128 valence electrons. The van der Waals surface area contributed by atoms with Crippen LogP contribution in [-0.2, 0) is 24.9 Å². The van der Waals surface area contributed by atoms with E-state index in [1.807, 2.05) is 35.3 Å². The molecule has 0 unspecified atom stereocenters. The number of carbonyl (C=O) groups is 1. The topological polar surface area (TPSA) is 54.3 Å². The highest BCUT2D eigenvalue weighted by atomic mass is 32.1. The van der Waals surface area contributed by atoms with Crippen molar-refractivity contribution in [2.24, 2.45) is 12.5 Å². The Morgan fingerprint density at radius 1 is 1.33 bits per heavy atom. The predicted octanol–water partition coefficient (Wildman–Crippen LogP) is 1.81. The first-order chi connectivity index (χ1) is 11.6. The zero-order valence-corrected chi connectivity index (χ0v) is 15.1. The molecule has 1 amide bonds. The highest BCUT2D eigenvalue weighted by Gasteiger charge is 2.53. The van der Waals surface area contributed by atoms with Gasteiger partial charge in [0, 0.05) is 37.8 Å². The van der Waals surface area contributed by atoms with Gasteiger partial charge in [0.1, 0.15) is 0 Å². The molecular weight excluding hydrogens is 322 g/mol. The van der Waals surface area contributed by atoms with E-state index in [9.17, 15) is 4.79 Å². The van der Waals surface area contributed by atoms with Crippen LogP contribution in [-0.4, -0.2) is 50.1 Å². The second-order valence-corrected chi connectivity index (χ2v) is 8.10. The van der Waals surface area contributed by atoms with Gasteiger partial charge in [-0.05, 0) is 32.4 Å². The largest absolute Gasteiger partial charge is 0.336 e. The molecule has 0 aromatic carbocycles. The molecule has 2 fully saturated rings. The number of amides is 1. The minimum absolute atomic E-state index is 0.156. The average molecular weight is 345 g/mol. The Balaban J connectivity index is 1.40. The van der Waals surface area contributed by atoms with Gasteiger partial charge in [-0.25, -0.2) is 0 Å². The van der Waals surface area contributed by atoms with E-state index in [0.717, 1.165) is 49.6 Å². The van der Waals surface area contributed by atoms with Crippen LogP contribution in [0.1, 0.15) is 29.1 Å². The Morgan fingerprint density at radius 3 is 2.88 bits per heavy atom. The third-order valence-electron chi connectivity index (χ3n) is 5.21. The highest BCUT2D eigenvalue weighted by molar-refractivity contribution is 7.09. The molecule has 0 bridgehead atoms. The Bertz CT molecular complexity index is 740. The van der Waals surface area contributed by atoms with E-state index >= 15 is 0 Å². The molecular formula is C17H23N5OS. The van der Waals surface area contributed by atoms with E-state index in [1.165, 1.54) is 5.69 Å². The molecule has 0 saturated carbocycles. The maximum absolute atomic E-state index is 12.8. The number of piperidine rings is 1. The van der Waals surface area contributed by atoms with Crippen molar-refractivity contribution in [2.45, 2.75) is 32.9 Å². The van der Waals surface area contributed by atoms with E-state index in [4.69, 9.17) is 0 Å². The third kappa shape index (κ3) is 2.75. The summed E-state index contributed by atoms with van der Waals surface area (Å²) in [6.45, 7) is 6.43. The fourth-order valence-corrected chi connectivity index (χ4v) is 4.70. The van der Waals surface area contributed by atoms with Crippen molar-refractivity contribution in [1.82, 2.24) is 24.6 Å². The molecule has 4 heterocycles. The van der Waals surface area contributed by atoms with Crippen LogP contribution in [0.4, 0.5) is 0 Å². The lowest BCUT2D eigenvalue weighted by molar-refractivity contribution is -0.167. The van der Waals surface area contributed by atoms with Crippen LogP contribution in [0.15, 0.2) is 17.8 Å². The smallest absolute Gasteiger partial charge is 0.232 e. The van der Waals surface area contributed by atoms with Gasteiger partial charge < -0.3 is 4.90 Å². The Kier molecular flexibility index (Phi) is 3.92. The molecule has 2 aliphatic rings. The van der Waals surface area contributed by atoms with Gasteiger partial charge in [-0.1, -0.05) is 0 Å². The SMILES string of the molecule is Cc1cc(CN2CCC[C@]3(C2)CN(Cc2cncs2)C3=O)n(C)n1. The van der Waals surface area contributed by atoms with Crippen LogP contribution in [0, 0.1) is 12.3 Å². The fourth-order valence-electron chi connectivity index (χ4n) is 4.09. The Labute approximate surface area is 146 Å². The molecule has 24 heavy (non-hydrogen) atoms. The summed E-state index contributed by atoms with van der Waals surface area (Å²) in [6, 6.07) is 2.14. The molecule has 2 saturated heterocycles. The number of likely N-dealkylation sites (tertiary alicyclic amines) is 2. The van der Waals surface area contributed by atoms with Gasteiger partial charge >= 0.3 is 0 Å². The quantitative estimate of drug-likeness (QED) is 0.793. The van der Waals surface area contributed by atoms with Crippen molar-refractivity contribution in [1.29, 1.82) is 0 Å². The number of aromatic nitrogens is 3. The third-order valence-corrected chi connectivity index (χ3v) is 5.97. The number of thiazole rings is 1. The molecule has 0 aliphatic carbocycles. The number of carbonyl (C=O) groups excluding carboxylic acids is 1. The molecule has 6 nitrogen and oxygen atoms in total. The van der Waals surface area contributed by atoms with Crippen molar-refractivity contribution in [3.63, 3.8) is 0 Å². The normalized spacial score (nSPS) is 24.6. The molecule has 2 aliphatic heterocycles. The number of nitrogens with zero attached hydrogens (tertiary/aromatic N) is 5. The first-order valence-electron chi connectivity index (χ1n) is 8.44. The lowest BCUT2D eigenvalue weighted by Crippen LogP contribution is -2.66. The maximum Gasteiger partial charge on any atom is 0.232 e. The summed E-state index contributed by atoms with van der Waals surface area (Å²) < 4.78 is 1.95. The molecule has 1 atom stereocenters. The zero-order valence-electron chi connectivity index (χ0n) is 14.2. The highest BCUT2D eigenvalue weighted by Crippen LogP contribution is 2.41. The van der Waals surface area contributed by atoms with Crippen molar-refractivity contribution >= 4 is 17.2 Å². The van der Waals surface area contributed by atoms with Gasteiger partial charge in [0.05, 0.1) is 28.9 Å². The Morgan fingerprint density at radius 2 is 2.21 bits per heavy atom. The minimum Gasteiger partial charge on any atom is -0.336 e. The van der Waals surface area contributed by atoms with Crippen LogP contribution < -0.4 is 0 Å². The molecule has 4 rings (SSSR count). The summed E-state index contributed by atoms with van der Waals surface area (Å²) in [5.74, 6) is 0.321. The van der Waals surface area contributed by atoms with Gasteiger partial charge in [0.15, 0.2) is 0 Å². The van der Waals surface area contributed by atoms with Gasteiger partial charge in [0.25, 0.3) is 0 Å². The van der Waals surface area contributed by atoms with Gasteiger partial charge in [-0.15, -0.1) is 11.3 Å². The molecule has 0 N–H and O–H groups in total. The summed E-state index contributed by atoms with van der Waals surface area (Å²) in [5.41, 5.74) is 3.94. The molecule has 1 spiro atoms. The number of rotatable bonds is 4. The lowest BCUT2D eigenvalue weighted by Gasteiger charge is -2.53. The molecule has 7 heteroatoms. The second-order valence-electron chi connectivity index (χ2n) is 7.12. The van der Waals surface area contributed by atoms with Crippen LogP contribution >= 0.6 is 11.3 Å². The van der Waals surface area contributed by atoms with Crippen LogP contribution in [0.5, 0.6) is 0 Å². The first-order valence-corrected chi connectivity index (χ1v) is 9.32. The number of β-lactam (4-membered cyclic amide) rings is 1. The number of hydrogen-bond acceptors (Lipinski definition) is 5. The van der Waals surface area contributed by atoms with Crippen molar-refractivity contribution in [3.05, 3.63) is 34.0 Å². The van der Waals surface area contributed by atoms with Crippen molar-refractivity contribution in [3.8, 4) is 0 Å². The van der Waals surface area contributed by atoms with E-state index in [2.05, 4.69) is 21.0 Å². The molecule has 2 aromatic rings. The van der Waals surface area contributed by atoms with E-state index in [0.29, 0.717) is 12.5 Å². The summed E-state index contributed by atoms with van der Waals surface area (Å²) >= 11 is 1.62. The lowest BCUT2D eigenvalue weighted by atomic mass is 9.72. The van der Waals surface area contributed by atoms with Crippen molar-refractivity contribution in [2.75, 3.05) is 19.6 Å². The molecule has 0 radical (unpaired) electrons. The average Bonchev–Trinajstić information content (AvgIpc) is 3.17. The van der Waals surface area contributed by atoms with E-state index in [1.54, 1.807) is 11.3 Å².